The van der Waals surface area contributed by atoms with Crippen LogP contribution in [0.15, 0.2) is 30.7 Å². The maximum Gasteiger partial charge on any atom is 0.310 e. The Morgan fingerprint density at radius 3 is 2.18 bits per heavy atom. The molecule has 0 aliphatic carbocycles. The van der Waals surface area contributed by atoms with E-state index in [1.807, 2.05) is 66.7 Å². The van der Waals surface area contributed by atoms with Crippen molar-refractivity contribution in [3.63, 3.8) is 0 Å². The molecule has 7 nitrogen and oxygen atoms in total. The number of aromatic nitrogens is 6. The molecule has 8 heteroatoms. The number of aromatic amines is 1. The molecule has 0 aliphatic rings. The largest absolute Gasteiger partial charge is 0.384 e. The second-order valence-electron chi connectivity index (χ2n) is 4.72. The molecule has 28 heavy (non-hydrogen) atoms. The fourth-order valence-electron chi connectivity index (χ4n) is 2.14. The number of H-pyrrole nitrogens is 1. The molecule has 0 aliphatic heterocycles. The van der Waals surface area contributed by atoms with Crippen LogP contribution in [0.3, 0.4) is 0 Å². The molecule has 0 saturated carbocycles. The van der Waals surface area contributed by atoms with Gasteiger partial charge in [0.25, 0.3) is 0 Å². The van der Waals surface area contributed by atoms with Crippen LogP contribution in [0.2, 0.25) is 0 Å². The van der Waals surface area contributed by atoms with Crippen molar-refractivity contribution in [2.45, 2.75) is 55.4 Å². The van der Waals surface area contributed by atoms with Gasteiger partial charge in [-0.1, -0.05) is 41.5 Å². The Hall–Kier alpha value is -3.03. The standard InChI is InChI=1S/C7H6FN3.C7H8N4.3C2H6/c1-4-5-2-3-9-6(5)11-7(8)10-4;1-5-6-2-3-7(8)11(6)10-4-9-5;3*1-2/h2-3H,1H3,(H,9,10,11);2-4H,8H2,1H3;3*1-2H3. The normalized spacial score (nSPS) is 9.04. The summed E-state index contributed by atoms with van der Waals surface area (Å²) in [5.41, 5.74) is 8.73. The van der Waals surface area contributed by atoms with E-state index in [4.69, 9.17) is 5.73 Å². The van der Waals surface area contributed by atoms with E-state index < -0.39 is 6.08 Å². The van der Waals surface area contributed by atoms with Gasteiger partial charge in [0.15, 0.2) is 0 Å². The number of nitrogens with zero attached hydrogens (tertiary/aromatic N) is 5. The summed E-state index contributed by atoms with van der Waals surface area (Å²) in [4.78, 5) is 14.0. The lowest BCUT2D eigenvalue weighted by Gasteiger charge is -1.96. The fraction of sp³-hybridized carbons (Fsp3) is 0.400. The molecule has 4 aromatic rings. The van der Waals surface area contributed by atoms with Crippen molar-refractivity contribution in [2.24, 2.45) is 0 Å². The Morgan fingerprint density at radius 1 is 0.929 bits per heavy atom. The third-order valence-electron chi connectivity index (χ3n) is 3.25. The van der Waals surface area contributed by atoms with Crippen molar-refractivity contribution in [3.8, 4) is 0 Å². The monoisotopic (exact) mass is 389 g/mol. The average molecular weight is 390 g/mol. The molecular formula is C20H32FN7. The van der Waals surface area contributed by atoms with E-state index in [0.29, 0.717) is 17.2 Å². The maximum atomic E-state index is 12.5. The summed E-state index contributed by atoms with van der Waals surface area (Å²) in [7, 11) is 0. The highest BCUT2D eigenvalue weighted by molar-refractivity contribution is 5.77. The van der Waals surface area contributed by atoms with E-state index in [-0.39, 0.29) is 0 Å². The number of aryl methyl sites for hydroxylation is 2. The van der Waals surface area contributed by atoms with Crippen molar-refractivity contribution in [3.05, 3.63) is 48.2 Å². The Bertz CT molecular complexity index is 944. The molecule has 0 fully saturated rings. The van der Waals surface area contributed by atoms with Gasteiger partial charge in [-0.2, -0.15) is 14.5 Å². The molecule has 0 atom stereocenters. The summed E-state index contributed by atoms with van der Waals surface area (Å²) < 4.78 is 14.2. The van der Waals surface area contributed by atoms with Crippen LogP contribution < -0.4 is 5.73 Å². The van der Waals surface area contributed by atoms with Gasteiger partial charge >= 0.3 is 6.08 Å². The molecule has 3 N–H and O–H groups in total. The molecular weight excluding hydrogens is 357 g/mol. The number of rotatable bonds is 0. The first kappa shape index (κ1) is 25.0. The molecule has 0 radical (unpaired) electrons. The number of nitrogen functional groups attached to an aromatic ring is 1. The zero-order valence-corrected chi connectivity index (χ0v) is 18.1. The van der Waals surface area contributed by atoms with E-state index in [0.717, 1.165) is 16.6 Å². The molecule has 4 aromatic heterocycles. The number of anilines is 1. The first-order valence-corrected chi connectivity index (χ1v) is 9.58. The molecule has 4 rings (SSSR count). The molecule has 0 bridgehead atoms. The summed E-state index contributed by atoms with van der Waals surface area (Å²) in [6.45, 7) is 15.7. The second kappa shape index (κ2) is 13.2. The van der Waals surface area contributed by atoms with E-state index >= 15 is 0 Å². The van der Waals surface area contributed by atoms with Gasteiger partial charge < -0.3 is 10.7 Å². The second-order valence-corrected chi connectivity index (χ2v) is 4.72. The Morgan fingerprint density at radius 2 is 1.57 bits per heavy atom. The smallest absolute Gasteiger partial charge is 0.310 e. The highest BCUT2D eigenvalue weighted by Crippen LogP contribution is 2.12. The lowest BCUT2D eigenvalue weighted by Crippen LogP contribution is -1.98. The zero-order valence-electron chi connectivity index (χ0n) is 18.1. The van der Waals surface area contributed by atoms with Gasteiger partial charge in [0.1, 0.15) is 17.8 Å². The first-order chi connectivity index (χ1) is 13.6. The summed E-state index contributed by atoms with van der Waals surface area (Å²) in [5.74, 6) is 0.644. The molecule has 4 heterocycles. The summed E-state index contributed by atoms with van der Waals surface area (Å²) in [5, 5.41) is 4.85. The third-order valence-corrected chi connectivity index (χ3v) is 3.25. The van der Waals surface area contributed by atoms with Crippen LogP contribution in [-0.2, 0) is 0 Å². The lowest BCUT2D eigenvalue weighted by molar-refractivity contribution is 0.540. The van der Waals surface area contributed by atoms with Crippen LogP contribution in [0, 0.1) is 19.9 Å². The van der Waals surface area contributed by atoms with Crippen molar-refractivity contribution in [1.82, 2.24) is 29.5 Å². The number of nitrogens with two attached hydrogens (primary N) is 1. The zero-order chi connectivity index (χ0) is 21.7. The maximum absolute atomic E-state index is 12.5. The minimum Gasteiger partial charge on any atom is -0.384 e. The molecule has 154 valence electrons. The Kier molecular flexibility index (Phi) is 11.8. The highest BCUT2D eigenvalue weighted by Gasteiger charge is 2.03. The van der Waals surface area contributed by atoms with Gasteiger partial charge in [-0.15, -0.1) is 0 Å². The number of fused-ring (bicyclic) bond motifs is 2. The van der Waals surface area contributed by atoms with Crippen LogP contribution in [0.25, 0.3) is 16.6 Å². The first-order valence-electron chi connectivity index (χ1n) is 9.58. The quantitative estimate of drug-likeness (QED) is 0.408. The van der Waals surface area contributed by atoms with Gasteiger partial charge in [-0.05, 0) is 32.0 Å². The lowest BCUT2D eigenvalue weighted by atomic mass is 10.3. The van der Waals surface area contributed by atoms with Gasteiger partial charge in [0, 0.05) is 11.6 Å². The Labute approximate surface area is 166 Å². The predicted octanol–water partition coefficient (Wildman–Crippen LogP) is 5.10. The number of hydrogen-bond donors (Lipinski definition) is 2. The van der Waals surface area contributed by atoms with Crippen LogP contribution in [0.4, 0.5) is 10.2 Å². The minimum atomic E-state index is -0.683. The van der Waals surface area contributed by atoms with Crippen LogP contribution in [0.5, 0.6) is 0 Å². The van der Waals surface area contributed by atoms with E-state index in [1.165, 1.54) is 6.33 Å². The molecule has 0 unspecified atom stereocenters. The molecule has 0 spiro atoms. The van der Waals surface area contributed by atoms with Crippen LogP contribution >= 0.6 is 0 Å². The number of halogens is 1. The summed E-state index contributed by atoms with van der Waals surface area (Å²) in [6.07, 6.45) is 2.53. The number of nitrogens with one attached hydrogen (secondary N) is 1. The van der Waals surface area contributed by atoms with Crippen molar-refractivity contribution >= 4 is 22.4 Å². The summed E-state index contributed by atoms with van der Waals surface area (Å²) in [6, 6.07) is 5.55. The van der Waals surface area contributed by atoms with Crippen LogP contribution in [0.1, 0.15) is 52.9 Å². The summed E-state index contributed by atoms with van der Waals surface area (Å²) >= 11 is 0. The van der Waals surface area contributed by atoms with Gasteiger partial charge in [-0.25, -0.2) is 14.5 Å². The van der Waals surface area contributed by atoms with Crippen molar-refractivity contribution in [1.29, 1.82) is 0 Å². The van der Waals surface area contributed by atoms with Crippen molar-refractivity contribution < 1.29 is 4.39 Å². The topological polar surface area (TPSA) is 97.8 Å². The minimum absolute atomic E-state index is 0.551. The average Bonchev–Trinajstić information content (AvgIpc) is 3.35. The fourth-order valence-corrected chi connectivity index (χ4v) is 2.14. The number of hydrogen-bond acceptors (Lipinski definition) is 5. The SMILES string of the molecule is CC.CC.CC.Cc1nc(F)nc2[nH]ccc12.Cc1ncnn2c(N)ccc12. The highest BCUT2D eigenvalue weighted by atomic mass is 19.1. The van der Waals surface area contributed by atoms with Gasteiger partial charge in [0.05, 0.1) is 16.9 Å². The predicted molar refractivity (Wildman–Crippen MR) is 115 cm³/mol. The molecule has 0 aromatic carbocycles. The Balaban J connectivity index is 0.000000412. The van der Waals surface area contributed by atoms with E-state index in [2.05, 4.69) is 25.0 Å². The van der Waals surface area contributed by atoms with Crippen molar-refractivity contribution in [2.75, 3.05) is 5.73 Å². The van der Waals surface area contributed by atoms with Gasteiger partial charge in [0.2, 0.25) is 0 Å². The third kappa shape index (κ3) is 6.29. The van der Waals surface area contributed by atoms with E-state index in [9.17, 15) is 4.39 Å². The molecule has 0 amide bonds. The molecule has 0 saturated heterocycles. The van der Waals surface area contributed by atoms with E-state index in [1.54, 1.807) is 17.6 Å². The van der Waals surface area contributed by atoms with Crippen LogP contribution in [-0.4, -0.2) is 29.5 Å². The van der Waals surface area contributed by atoms with Gasteiger partial charge in [-0.3, -0.25) is 0 Å².